The Balaban J connectivity index is 2.40. The average molecular weight is 397 g/mol. The third-order valence-corrected chi connectivity index (χ3v) is 4.19. The first-order valence-corrected chi connectivity index (χ1v) is 9.88. The second-order valence-corrected chi connectivity index (χ2v) is 7.03. The number of nitrogens with one attached hydrogen (secondary N) is 1. The van der Waals surface area contributed by atoms with Gasteiger partial charge in [-0.2, -0.15) is 4.99 Å². The fourth-order valence-electron chi connectivity index (χ4n) is 2.68. The van der Waals surface area contributed by atoms with E-state index in [0.29, 0.717) is 37.5 Å². The molecule has 3 N–H and O–H groups in total. The van der Waals surface area contributed by atoms with Crippen LogP contribution in [-0.2, 0) is 19.1 Å². The minimum Gasteiger partial charge on any atom is -0.463 e. The smallest absolute Gasteiger partial charge is 0.316 e. The molecule has 0 aromatic heterocycles. The van der Waals surface area contributed by atoms with Gasteiger partial charge in [0, 0.05) is 26.6 Å². The maximum atomic E-state index is 11.0. The zero-order chi connectivity index (χ0) is 20.9. The van der Waals surface area contributed by atoms with E-state index in [1.165, 1.54) is 6.92 Å². The summed E-state index contributed by atoms with van der Waals surface area (Å²) in [7, 11) is 1.78. The number of nitrogens with two attached hydrogens (primary N) is 1. The van der Waals surface area contributed by atoms with Crippen LogP contribution >= 0.6 is 0 Å². The summed E-state index contributed by atoms with van der Waals surface area (Å²) >= 11 is 0. The summed E-state index contributed by atoms with van der Waals surface area (Å²) in [6, 6.07) is 0.408. The second-order valence-electron chi connectivity index (χ2n) is 7.03. The van der Waals surface area contributed by atoms with Crippen LogP contribution in [-0.4, -0.2) is 62.6 Å². The number of nitrogens with zero attached hydrogens (tertiary/aromatic N) is 2. The van der Waals surface area contributed by atoms with Crippen molar-refractivity contribution in [1.29, 1.82) is 0 Å². The lowest BCUT2D eigenvalue weighted by Gasteiger charge is -2.36. The molecule has 1 rings (SSSR count). The van der Waals surface area contributed by atoms with Crippen LogP contribution in [0.4, 0.5) is 0 Å². The van der Waals surface area contributed by atoms with Gasteiger partial charge in [0.05, 0.1) is 31.6 Å². The Bertz CT molecular complexity index is 544. The van der Waals surface area contributed by atoms with Gasteiger partial charge in [-0.15, -0.1) is 0 Å². The van der Waals surface area contributed by atoms with Crippen molar-refractivity contribution in [3.8, 4) is 0 Å². The molecule has 0 aromatic carbocycles. The molecule has 0 radical (unpaired) electrons. The quantitative estimate of drug-likeness (QED) is 0.227. The number of ether oxygens (including phenoxy) is 2. The van der Waals surface area contributed by atoms with Crippen molar-refractivity contribution in [2.75, 3.05) is 33.4 Å². The SMILES string of the molecule is C=C/C=C(CN)/N=C(/OCCC)N(C)OC[C@H]1C[C@H](OC[C@H](C)NC(C)=O)C1. The van der Waals surface area contributed by atoms with Crippen LogP contribution < -0.4 is 11.1 Å². The molecular formula is C20H36N4O4. The largest absolute Gasteiger partial charge is 0.463 e. The van der Waals surface area contributed by atoms with E-state index in [1.54, 1.807) is 24.3 Å². The van der Waals surface area contributed by atoms with E-state index in [1.807, 2.05) is 13.8 Å². The maximum Gasteiger partial charge on any atom is 0.316 e. The minimum absolute atomic E-state index is 0.0220. The van der Waals surface area contributed by atoms with E-state index < -0.39 is 0 Å². The molecule has 0 unspecified atom stereocenters. The highest BCUT2D eigenvalue weighted by Crippen LogP contribution is 2.30. The van der Waals surface area contributed by atoms with Crippen molar-refractivity contribution in [1.82, 2.24) is 10.4 Å². The molecule has 28 heavy (non-hydrogen) atoms. The lowest BCUT2D eigenvalue weighted by Crippen LogP contribution is -2.41. The first kappa shape index (κ1) is 24.1. The monoisotopic (exact) mass is 396 g/mol. The third kappa shape index (κ3) is 9.34. The van der Waals surface area contributed by atoms with Crippen LogP contribution in [0.3, 0.4) is 0 Å². The topological polar surface area (TPSA) is 98.4 Å². The average Bonchev–Trinajstić information content (AvgIpc) is 2.61. The van der Waals surface area contributed by atoms with E-state index in [2.05, 4.69) is 16.9 Å². The molecule has 1 aliphatic carbocycles. The first-order valence-electron chi connectivity index (χ1n) is 9.88. The highest BCUT2D eigenvalue weighted by Gasteiger charge is 2.31. The molecule has 8 heteroatoms. The Morgan fingerprint density at radius 1 is 1.46 bits per heavy atom. The van der Waals surface area contributed by atoms with Gasteiger partial charge >= 0.3 is 6.02 Å². The Kier molecular flexibility index (Phi) is 11.5. The molecule has 1 amide bonds. The van der Waals surface area contributed by atoms with Crippen LogP contribution in [0.15, 0.2) is 29.4 Å². The molecule has 8 nitrogen and oxygen atoms in total. The van der Waals surface area contributed by atoms with E-state index in [0.717, 1.165) is 19.3 Å². The number of amides is 1. The van der Waals surface area contributed by atoms with Crippen molar-refractivity contribution in [3.63, 3.8) is 0 Å². The number of rotatable bonds is 12. The molecule has 1 fully saturated rings. The Hall–Kier alpha value is -1.90. The van der Waals surface area contributed by atoms with Crippen LogP contribution in [0, 0.1) is 5.92 Å². The van der Waals surface area contributed by atoms with Crippen LogP contribution in [0.25, 0.3) is 0 Å². The van der Waals surface area contributed by atoms with Crippen molar-refractivity contribution >= 4 is 11.9 Å². The van der Waals surface area contributed by atoms with Gasteiger partial charge in [-0.1, -0.05) is 19.6 Å². The molecule has 0 heterocycles. The van der Waals surface area contributed by atoms with Gasteiger partial charge in [-0.25, -0.2) is 5.06 Å². The second kappa shape index (κ2) is 13.3. The fraction of sp³-hybridized carbons (Fsp3) is 0.700. The number of amidine groups is 1. The molecule has 1 aliphatic rings. The van der Waals surface area contributed by atoms with Crippen LogP contribution in [0.1, 0.15) is 40.0 Å². The molecule has 0 aliphatic heterocycles. The molecule has 0 saturated heterocycles. The first-order chi connectivity index (χ1) is 13.4. The van der Waals surface area contributed by atoms with E-state index in [4.69, 9.17) is 20.0 Å². The Morgan fingerprint density at radius 2 is 2.18 bits per heavy atom. The predicted octanol–water partition coefficient (Wildman–Crippen LogP) is 1.98. The van der Waals surface area contributed by atoms with Gasteiger partial charge in [0.25, 0.3) is 0 Å². The molecule has 0 aromatic rings. The standard InChI is InChI=1S/C20H36N4O4/c1-6-8-18(12-21)23-20(26-9-7-2)24(5)28-14-17-10-19(11-17)27-13-15(3)22-16(4)25/h6,8,15,17,19H,1,7,9-14,21H2,2-5H3,(H,22,25)/b18-8+,23-20+/t15-,17-,19-/m0/s1. The van der Waals surface area contributed by atoms with Crippen molar-refractivity contribution < 1.29 is 19.1 Å². The van der Waals surface area contributed by atoms with Crippen LogP contribution in [0.5, 0.6) is 0 Å². The molecule has 160 valence electrons. The van der Waals surface area contributed by atoms with Crippen molar-refractivity contribution in [2.45, 2.75) is 52.2 Å². The fourth-order valence-corrected chi connectivity index (χ4v) is 2.68. The molecule has 0 bridgehead atoms. The summed E-state index contributed by atoms with van der Waals surface area (Å²) in [6.07, 6.45) is 6.36. The third-order valence-electron chi connectivity index (χ3n) is 4.19. The van der Waals surface area contributed by atoms with E-state index in [-0.39, 0.29) is 24.6 Å². The summed E-state index contributed by atoms with van der Waals surface area (Å²) in [5.74, 6) is 0.385. The number of hydrogen-bond donors (Lipinski definition) is 2. The van der Waals surface area contributed by atoms with Gasteiger partial charge in [-0.05, 0) is 38.2 Å². The van der Waals surface area contributed by atoms with Crippen LogP contribution in [0.2, 0.25) is 0 Å². The predicted molar refractivity (Wildman–Crippen MR) is 110 cm³/mol. The maximum absolute atomic E-state index is 11.0. The highest BCUT2D eigenvalue weighted by molar-refractivity contribution is 5.74. The van der Waals surface area contributed by atoms with Gasteiger partial charge in [0.15, 0.2) is 0 Å². The van der Waals surface area contributed by atoms with Gasteiger partial charge in [0.2, 0.25) is 5.91 Å². The number of hydrogen-bond acceptors (Lipinski definition) is 6. The van der Waals surface area contributed by atoms with E-state index >= 15 is 0 Å². The van der Waals surface area contributed by atoms with E-state index in [9.17, 15) is 4.79 Å². The highest BCUT2D eigenvalue weighted by atomic mass is 16.7. The Morgan fingerprint density at radius 3 is 2.75 bits per heavy atom. The number of allylic oxidation sites excluding steroid dienone is 2. The molecule has 1 atom stereocenters. The Labute approximate surface area is 168 Å². The van der Waals surface area contributed by atoms with Gasteiger partial charge in [-0.3, -0.25) is 9.63 Å². The zero-order valence-corrected chi connectivity index (χ0v) is 17.6. The molecule has 1 saturated carbocycles. The normalized spacial score (nSPS) is 20.9. The number of aliphatic imine (C=N–C) groups is 1. The lowest BCUT2D eigenvalue weighted by molar-refractivity contribution is -0.140. The molecular weight excluding hydrogens is 360 g/mol. The number of hydroxylamine groups is 2. The summed E-state index contributed by atoms with van der Waals surface area (Å²) in [6.45, 7) is 11.1. The number of carbonyl (C=O) groups excluding carboxylic acids is 1. The summed E-state index contributed by atoms with van der Waals surface area (Å²) in [5, 5.41) is 4.36. The zero-order valence-electron chi connectivity index (χ0n) is 17.6. The van der Waals surface area contributed by atoms with Gasteiger partial charge < -0.3 is 20.5 Å². The summed E-state index contributed by atoms with van der Waals surface area (Å²) in [5.41, 5.74) is 6.37. The van der Waals surface area contributed by atoms with Crippen molar-refractivity contribution in [3.05, 3.63) is 24.4 Å². The van der Waals surface area contributed by atoms with Crippen molar-refractivity contribution in [2.24, 2.45) is 16.6 Å². The van der Waals surface area contributed by atoms with Gasteiger partial charge in [0.1, 0.15) is 0 Å². The molecule has 0 spiro atoms. The minimum atomic E-state index is -0.0393. The summed E-state index contributed by atoms with van der Waals surface area (Å²) < 4.78 is 11.5. The number of carbonyl (C=O) groups is 1. The summed E-state index contributed by atoms with van der Waals surface area (Å²) in [4.78, 5) is 21.3. The lowest BCUT2D eigenvalue weighted by atomic mass is 9.83.